The molecule has 1 saturated heterocycles. The minimum absolute atomic E-state index is 0.252. The van der Waals surface area contributed by atoms with E-state index >= 15 is 0 Å². The van der Waals surface area contributed by atoms with Crippen LogP contribution in [0.2, 0.25) is 0 Å². The van der Waals surface area contributed by atoms with E-state index in [-0.39, 0.29) is 18.1 Å². The van der Waals surface area contributed by atoms with Crippen molar-refractivity contribution in [2.45, 2.75) is 42.2 Å². The average molecular weight is 504 g/mol. The quantitative estimate of drug-likeness (QED) is 0.474. The van der Waals surface area contributed by atoms with Crippen LogP contribution in [0.15, 0.2) is 65.8 Å². The van der Waals surface area contributed by atoms with Crippen molar-refractivity contribution in [3.8, 4) is 11.5 Å². The fraction of sp³-hybridized carbons (Fsp3) is 0.296. The largest absolute Gasteiger partial charge is 0.459 e. The Bertz CT molecular complexity index is 1310. The lowest BCUT2D eigenvalue weighted by Crippen LogP contribution is -2.48. The molecule has 0 radical (unpaired) electrons. The first-order valence-electron chi connectivity index (χ1n) is 12.0. The highest BCUT2D eigenvalue weighted by molar-refractivity contribution is 8.01. The Balaban J connectivity index is 1.27. The molecule has 3 aromatic rings. The first kappa shape index (κ1) is 22.9. The summed E-state index contributed by atoms with van der Waals surface area (Å²) in [6.07, 6.45) is 3.08. The van der Waals surface area contributed by atoms with Gasteiger partial charge >= 0.3 is 12.0 Å². The van der Waals surface area contributed by atoms with Crippen LogP contribution in [0.1, 0.15) is 30.0 Å². The molecule has 3 aliphatic rings. The zero-order valence-corrected chi connectivity index (χ0v) is 20.5. The standard InChI is InChI=1S/C27H25N3O5S/c1-16-14-18(34-17-6-3-2-4-7-17)9-10-20(16)30-21-11-12-28-25-22(21)23(29-27(30)32)24(36-25)26(31)35-19-8-5-13-33-15-19/h2-4,6-7,9-12,14,19,23-24H,5,8,13,15H2,1H3,(H,29,32)/t19?,23?,24-/m1/s1. The third-order valence-electron chi connectivity index (χ3n) is 6.53. The van der Waals surface area contributed by atoms with Crippen LogP contribution in [0.25, 0.3) is 0 Å². The third kappa shape index (κ3) is 4.18. The first-order valence-corrected chi connectivity index (χ1v) is 12.8. The second kappa shape index (κ2) is 9.48. The number of anilines is 2. The van der Waals surface area contributed by atoms with Crippen molar-refractivity contribution < 1.29 is 23.8 Å². The third-order valence-corrected chi connectivity index (χ3v) is 7.79. The van der Waals surface area contributed by atoms with Gasteiger partial charge in [0.25, 0.3) is 0 Å². The predicted octanol–water partition coefficient (Wildman–Crippen LogP) is 5.28. The predicted molar refractivity (Wildman–Crippen MR) is 135 cm³/mol. The van der Waals surface area contributed by atoms with Crippen LogP contribution in [-0.4, -0.2) is 41.6 Å². The smallest absolute Gasteiger partial charge is 0.327 e. The van der Waals surface area contributed by atoms with Crippen molar-refractivity contribution in [1.29, 1.82) is 0 Å². The number of thioether (sulfide) groups is 1. The van der Waals surface area contributed by atoms with E-state index in [1.807, 2.05) is 61.5 Å². The average Bonchev–Trinajstić information content (AvgIpc) is 3.26. The zero-order valence-electron chi connectivity index (χ0n) is 19.7. The number of nitrogens with zero attached hydrogens (tertiary/aromatic N) is 2. The molecule has 3 atom stereocenters. The minimum Gasteiger partial charge on any atom is -0.459 e. The normalized spacial score (nSPS) is 22.5. The number of aryl methyl sites for hydroxylation is 1. The molecule has 2 aromatic carbocycles. The van der Waals surface area contributed by atoms with Crippen LogP contribution in [0.4, 0.5) is 16.2 Å². The molecule has 9 heteroatoms. The van der Waals surface area contributed by atoms with Crippen molar-refractivity contribution in [1.82, 2.24) is 10.3 Å². The first-order chi connectivity index (χ1) is 17.6. The fourth-order valence-corrected chi connectivity index (χ4v) is 6.06. The molecule has 2 unspecified atom stereocenters. The number of carbonyl (C=O) groups excluding carboxylic acids is 2. The van der Waals surface area contributed by atoms with E-state index < -0.39 is 11.3 Å². The number of benzene rings is 2. The number of rotatable bonds is 5. The van der Waals surface area contributed by atoms with Crippen LogP contribution >= 0.6 is 11.8 Å². The Labute approximate surface area is 212 Å². The molecular formula is C27H25N3O5S. The van der Waals surface area contributed by atoms with Crippen molar-refractivity contribution in [2.75, 3.05) is 18.1 Å². The summed E-state index contributed by atoms with van der Waals surface area (Å²) in [5, 5.41) is 3.17. The molecule has 4 heterocycles. The van der Waals surface area contributed by atoms with Gasteiger partial charge in [0, 0.05) is 18.4 Å². The van der Waals surface area contributed by atoms with Gasteiger partial charge < -0.3 is 19.5 Å². The topological polar surface area (TPSA) is 90.0 Å². The molecular weight excluding hydrogens is 478 g/mol. The number of nitrogens with one attached hydrogen (secondary N) is 1. The Morgan fingerprint density at radius 3 is 2.78 bits per heavy atom. The lowest BCUT2D eigenvalue weighted by molar-refractivity contribution is -0.155. The lowest BCUT2D eigenvalue weighted by Gasteiger charge is -2.35. The Hall–Kier alpha value is -3.56. The van der Waals surface area contributed by atoms with Gasteiger partial charge in [-0.25, -0.2) is 9.78 Å². The molecule has 0 bridgehead atoms. The van der Waals surface area contributed by atoms with Gasteiger partial charge in [-0.15, -0.1) is 0 Å². The van der Waals surface area contributed by atoms with E-state index in [1.54, 1.807) is 11.1 Å². The van der Waals surface area contributed by atoms with Gasteiger partial charge in [0.15, 0.2) is 0 Å². The molecule has 8 nitrogen and oxygen atoms in total. The van der Waals surface area contributed by atoms with Crippen LogP contribution < -0.4 is 15.0 Å². The number of pyridine rings is 1. The second-order valence-corrected chi connectivity index (χ2v) is 10.1. The molecule has 0 spiro atoms. The summed E-state index contributed by atoms with van der Waals surface area (Å²) in [6, 6.07) is 16.2. The maximum atomic E-state index is 13.4. The minimum atomic E-state index is -0.593. The number of urea groups is 1. The number of hydrogen-bond acceptors (Lipinski definition) is 7. The van der Waals surface area contributed by atoms with Crippen LogP contribution in [0.5, 0.6) is 11.5 Å². The van der Waals surface area contributed by atoms with Gasteiger partial charge in [-0.3, -0.25) is 9.69 Å². The van der Waals surface area contributed by atoms with Gasteiger partial charge in [-0.05, 0) is 61.7 Å². The Morgan fingerprint density at radius 1 is 1.14 bits per heavy atom. The molecule has 1 N–H and O–H groups in total. The van der Waals surface area contributed by atoms with Gasteiger partial charge in [0.2, 0.25) is 0 Å². The number of para-hydroxylation sites is 1. The van der Waals surface area contributed by atoms with Crippen molar-refractivity contribution in [3.63, 3.8) is 0 Å². The maximum Gasteiger partial charge on any atom is 0.327 e. The molecule has 0 saturated carbocycles. The molecule has 3 aliphatic heterocycles. The van der Waals surface area contributed by atoms with Crippen molar-refractivity contribution >= 4 is 35.1 Å². The summed E-state index contributed by atoms with van der Waals surface area (Å²) in [5.41, 5.74) is 3.17. The number of aromatic nitrogens is 1. The highest BCUT2D eigenvalue weighted by Gasteiger charge is 2.48. The van der Waals surface area contributed by atoms with E-state index in [0.29, 0.717) is 19.0 Å². The number of amides is 2. The van der Waals surface area contributed by atoms with Gasteiger partial charge in [-0.2, -0.15) is 0 Å². The van der Waals surface area contributed by atoms with Gasteiger partial charge in [0.1, 0.15) is 27.9 Å². The fourth-order valence-electron chi connectivity index (χ4n) is 4.85. The van der Waals surface area contributed by atoms with E-state index in [0.717, 1.165) is 46.1 Å². The number of esters is 1. The summed E-state index contributed by atoms with van der Waals surface area (Å²) in [7, 11) is 0. The molecule has 1 fully saturated rings. The van der Waals surface area contributed by atoms with Crippen LogP contribution in [0.3, 0.4) is 0 Å². The van der Waals surface area contributed by atoms with E-state index in [2.05, 4.69) is 10.3 Å². The van der Waals surface area contributed by atoms with Crippen molar-refractivity contribution in [2.24, 2.45) is 0 Å². The maximum absolute atomic E-state index is 13.4. The monoisotopic (exact) mass is 503 g/mol. The summed E-state index contributed by atoms with van der Waals surface area (Å²) < 4.78 is 17.1. The summed E-state index contributed by atoms with van der Waals surface area (Å²) in [6.45, 7) is 3.04. The highest BCUT2D eigenvalue weighted by atomic mass is 32.2. The van der Waals surface area contributed by atoms with E-state index in [9.17, 15) is 9.59 Å². The SMILES string of the molecule is Cc1cc(Oc2ccccc2)ccc1N1C(=O)NC2c3c1ccnc3S[C@H]2C(=O)OC1CCCOC1. The number of ether oxygens (including phenoxy) is 3. The molecule has 2 amide bonds. The number of hydrogen-bond donors (Lipinski definition) is 1. The highest BCUT2D eigenvalue weighted by Crippen LogP contribution is 2.51. The van der Waals surface area contributed by atoms with Gasteiger partial charge in [-0.1, -0.05) is 30.0 Å². The Morgan fingerprint density at radius 2 is 2.00 bits per heavy atom. The molecule has 1 aromatic heterocycles. The Kier molecular flexibility index (Phi) is 6.02. The molecule has 6 rings (SSSR count). The molecule has 36 heavy (non-hydrogen) atoms. The molecule has 184 valence electrons. The molecule has 0 aliphatic carbocycles. The van der Waals surface area contributed by atoms with Crippen LogP contribution in [-0.2, 0) is 14.3 Å². The zero-order chi connectivity index (χ0) is 24.6. The lowest BCUT2D eigenvalue weighted by atomic mass is 9.99. The summed E-state index contributed by atoms with van der Waals surface area (Å²) in [4.78, 5) is 32.6. The summed E-state index contributed by atoms with van der Waals surface area (Å²) >= 11 is 1.34. The van der Waals surface area contributed by atoms with E-state index in [4.69, 9.17) is 14.2 Å². The van der Waals surface area contributed by atoms with E-state index in [1.165, 1.54) is 11.8 Å². The second-order valence-electron chi connectivity index (χ2n) is 8.99. The van der Waals surface area contributed by atoms with Crippen molar-refractivity contribution in [3.05, 3.63) is 71.9 Å². The summed E-state index contributed by atoms with van der Waals surface area (Å²) in [5.74, 6) is 1.07. The van der Waals surface area contributed by atoms with Gasteiger partial charge in [0.05, 0.1) is 24.0 Å². The van der Waals surface area contributed by atoms with Crippen LogP contribution in [0, 0.1) is 6.92 Å². The number of carbonyl (C=O) groups is 2.